The van der Waals surface area contributed by atoms with Crippen LogP contribution in [0.25, 0.3) is 11.3 Å². The molecule has 0 aliphatic rings. The highest BCUT2D eigenvalue weighted by Crippen LogP contribution is 2.21. The highest BCUT2D eigenvalue weighted by atomic mass is 16.4. The fourth-order valence-electron chi connectivity index (χ4n) is 1.35. The largest absolute Gasteiger partial charge is 0.478 e. The van der Waals surface area contributed by atoms with E-state index in [1.807, 2.05) is 6.92 Å². The molecular formula is C11H9NO3. The monoisotopic (exact) mass is 203 g/mol. The van der Waals surface area contributed by atoms with Crippen molar-refractivity contribution in [2.24, 2.45) is 0 Å². The number of hydrogen-bond donors (Lipinski definition) is 1. The minimum atomic E-state index is -0.932. The van der Waals surface area contributed by atoms with Gasteiger partial charge in [-0.3, -0.25) is 0 Å². The van der Waals surface area contributed by atoms with E-state index in [0.717, 1.165) is 17.0 Å². The lowest BCUT2D eigenvalue weighted by molar-refractivity contribution is 0.0697. The summed E-state index contributed by atoms with van der Waals surface area (Å²) in [5.41, 5.74) is 1.86. The van der Waals surface area contributed by atoms with Gasteiger partial charge >= 0.3 is 5.97 Å². The zero-order valence-corrected chi connectivity index (χ0v) is 8.10. The summed E-state index contributed by atoms with van der Waals surface area (Å²) in [5.74, 6) is -0.212. The third-order valence-corrected chi connectivity index (χ3v) is 2.15. The van der Waals surface area contributed by atoms with Crippen molar-refractivity contribution in [1.82, 2.24) is 4.98 Å². The van der Waals surface area contributed by atoms with Crippen molar-refractivity contribution >= 4 is 5.97 Å². The van der Waals surface area contributed by atoms with Gasteiger partial charge in [0.25, 0.3) is 0 Å². The molecule has 0 radical (unpaired) electrons. The molecule has 15 heavy (non-hydrogen) atoms. The predicted molar refractivity (Wildman–Crippen MR) is 53.6 cm³/mol. The predicted octanol–water partition coefficient (Wildman–Crippen LogP) is 2.35. The number of carboxylic acids is 1. The number of aryl methyl sites for hydroxylation is 1. The van der Waals surface area contributed by atoms with Gasteiger partial charge in [0.2, 0.25) is 0 Å². The van der Waals surface area contributed by atoms with Crippen LogP contribution < -0.4 is 0 Å². The molecule has 0 spiro atoms. The van der Waals surface area contributed by atoms with E-state index in [1.54, 1.807) is 24.3 Å². The topological polar surface area (TPSA) is 63.3 Å². The number of rotatable bonds is 2. The third-order valence-electron chi connectivity index (χ3n) is 2.15. The highest BCUT2D eigenvalue weighted by molar-refractivity contribution is 5.88. The molecule has 4 heteroatoms. The second-order valence-corrected chi connectivity index (χ2v) is 3.14. The quantitative estimate of drug-likeness (QED) is 0.813. The van der Waals surface area contributed by atoms with Gasteiger partial charge in [0.05, 0.1) is 5.56 Å². The summed E-state index contributed by atoms with van der Waals surface area (Å²) in [6, 6.07) is 6.53. The van der Waals surface area contributed by atoms with Crippen molar-refractivity contribution in [3.8, 4) is 11.3 Å². The standard InChI is InChI=1S/C11H9NO3/c1-7-10(12-6-15-7)8-2-4-9(5-3-8)11(13)14/h2-6H,1H3,(H,13,14). The number of benzene rings is 1. The first-order chi connectivity index (χ1) is 7.18. The molecule has 1 N–H and O–H groups in total. The van der Waals surface area contributed by atoms with Gasteiger partial charge in [-0.2, -0.15) is 0 Å². The first kappa shape index (κ1) is 9.45. The molecule has 76 valence electrons. The molecular weight excluding hydrogens is 194 g/mol. The molecule has 0 aliphatic heterocycles. The summed E-state index contributed by atoms with van der Waals surface area (Å²) in [6.07, 6.45) is 1.37. The fourth-order valence-corrected chi connectivity index (χ4v) is 1.35. The van der Waals surface area contributed by atoms with Crippen molar-refractivity contribution in [3.05, 3.63) is 42.0 Å². The Morgan fingerprint density at radius 3 is 2.47 bits per heavy atom. The maximum atomic E-state index is 10.6. The summed E-state index contributed by atoms with van der Waals surface area (Å²) < 4.78 is 5.07. The molecule has 0 amide bonds. The zero-order valence-electron chi connectivity index (χ0n) is 8.10. The van der Waals surface area contributed by atoms with Crippen LogP contribution in [0.3, 0.4) is 0 Å². The Kier molecular flexibility index (Phi) is 2.25. The number of oxazole rings is 1. The summed E-state index contributed by atoms with van der Waals surface area (Å²) in [6.45, 7) is 1.81. The van der Waals surface area contributed by atoms with Gasteiger partial charge in [-0.1, -0.05) is 12.1 Å². The van der Waals surface area contributed by atoms with Gasteiger partial charge < -0.3 is 9.52 Å². The normalized spacial score (nSPS) is 10.2. The van der Waals surface area contributed by atoms with E-state index < -0.39 is 5.97 Å². The Bertz CT molecular complexity index is 485. The van der Waals surface area contributed by atoms with Crippen molar-refractivity contribution in [1.29, 1.82) is 0 Å². The van der Waals surface area contributed by atoms with Gasteiger partial charge in [-0.25, -0.2) is 9.78 Å². The van der Waals surface area contributed by atoms with E-state index in [-0.39, 0.29) is 5.56 Å². The molecule has 0 fully saturated rings. The summed E-state index contributed by atoms with van der Waals surface area (Å²) in [5, 5.41) is 8.73. The van der Waals surface area contributed by atoms with Gasteiger partial charge in [0, 0.05) is 5.56 Å². The SMILES string of the molecule is Cc1ocnc1-c1ccc(C(=O)O)cc1. The Morgan fingerprint density at radius 1 is 1.33 bits per heavy atom. The van der Waals surface area contributed by atoms with Crippen LogP contribution in [-0.4, -0.2) is 16.1 Å². The first-order valence-electron chi connectivity index (χ1n) is 4.42. The summed E-state index contributed by atoms with van der Waals surface area (Å²) in [7, 11) is 0. The van der Waals surface area contributed by atoms with Crippen molar-refractivity contribution < 1.29 is 14.3 Å². The Hall–Kier alpha value is -2.10. The molecule has 0 aliphatic carbocycles. The fraction of sp³-hybridized carbons (Fsp3) is 0.0909. The maximum Gasteiger partial charge on any atom is 0.335 e. The molecule has 0 bridgehead atoms. The molecule has 2 aromatic rings. The highest BCUT2D eigenvalue weighted by Gasteiger charge is 2.07. The average Bonchev–Trinajstić information content (AvgIpc) is 2.65. The van der Waals surface area contributed by atoms with Crippen LogP contribution in [0.5, 0.6) is 0 Å². The van der Waals surface area contributed by atoms with Crippen LogP contribution in [0, 0.1) is 6.92 Å². The van der Waals surface area contributed by atoms with Gasteiger partial charge in [0.1, 0.15) is 11.5 Å². The van der Waals surface area contributed by atoms with Crippen LogP contribution >= 0.6 is 0 Å². The lowest BCUT2D eigenvalue weighted by Crippen LogP contribution is -1.95. The van der Waals surface area contributed by atoms with Crippen molar-refractivity contribution in [2.75, 3.05) is 0 Å². The van der Waals surface area contributed by atoms with E-state index in [4.69, 9.17) is 9.52 Å². The molecule has 4 nitrogen and oxygen atoms in total. The van der Waals surface area contributed by atoms with Gasteiger partial charge in [-0.15, -0.1) is 0 Å². The molecule has 2 rings (SSSR count). The van der Waals surface area contributed by atoms with Crippen molar-refractivity contribution in [3.63, 3.8) is 0 Å². The molecule has 1 aromatic carbocycles. The third kappa shape index (κ3) is 1.74. The van der Waals surface area contributed by atoms with Crippen LogP contribution in [0.15, 0.2) is 35.1 Å². The van der Waals surface area contributed by atoms with Gasteiger partial charge in [0.15, 0.2) is 6.39 Å². The second-order valence-electron chi connectivity index (χ2n) is 3.14. The van der Waals surface area contributed by atoms with Gasteiger partial charge in [-0.05, 0) is 19.1 Å². The van der Waals surface area contributed by atoms with E-state index in [0.29, 0.717) is 0 Å². The van der Waals surface area contributed by atoms with E-state index in [1.165, 1.54) is 6.39 Å². The first-order valence-corrected chi connectivity index (χ1v) is 4.42. The summed E-state index contributed by atoms with van der Waals surface area (Å²) >= 11 is 0. The zero-order chi connectivity index (χ0) is 10.8. The van der Waals surface area contributed by atoms with E-state index >= 15 is 0 Å². The Morgan fingerprint density at radius 2 is 2.00 bits per heavy atom. The molecule has 1 aromatic heterocycles. The summed E-state index contributed by atoms with van der Waals surface area (Å²) in [4.78, 5) is 14.7. The number of hydrogen-bond acceptors (Lipinski definition) is 3. The van der Waals surface area contributed by atoms with E-state index in [9.17, 15) is 4.79 Å². The van der Waals surface area contributed by atoms with Crippen molar-refractivity contribution in [2.45, 2.75) is 6.92 Å². The van der Waals surface area contributed by atoms with Crippen LogP contribution in [0.4, 0.5) is 0 Å². The number of aromatic nitrogens is 1. The number of aromatic carboxylic acids is 1. The number of carbonyl (C=O) groups is 1. The lowest BCUT2D eigenvalue weighted by Gasteiger charge is -1.98. The van der Waals surface area contributed by atoms with Crippen LogP contribution in [-0.2, 0) is 0 Å². The molecule has 0 atom stereocenters. The van der Waals surface area contributed by atoms with Crippen LogP contribution in [0.1, 0.15) is 16.1 Å². The minimum absolute atomic E-state index is 0.264. The number of nitrogens with zero attached hydrogens (tertiary/aromatic N) is 1. The van der Waals surface area contributed by atoms with Crippen LogP contribution in [0.2, 0.25) is 0 Å². The average molecular weight is 203 g/mol. The van der Waals surface area contributed by atoms with E-state index in [2.05, 4.69) is 4.98 Å². The molecule has 0 saturated carbocycles. The Balaban J connectivity index is 2.40. The molecule has 0 unspecified atom stereocenters. The number of carboxylic acid groups (broad SMARTS) is 1. The second kappa shape index (κ2) is 3.57. The smallest absolute Gasteiger partial charge is 0.335 e. The maximum absolute atomic E-state index is 10.6. The molecule has 1 heterocycles. The Labute approximate surface area is 86.2 Å². The minimum Gasteiger partial charge on any atom is -0.478 e. The lowest BCUT2D eigenvalue weighted by atomic mass is 10.1. The molecule has 0 saturated heterocycles.